The predicted octanol–water partition coefficient (Wildman–Crippen LogP) is -0.850. The van der Waals surface area contributed by atoms with Crippen molar-refractivity contribution in [2.24, 2.45) is 7.05 Å². The van der Waals surface area contributed by atoms with E-state index in [0.29, 0.717) is 5.69 Å². The second-order valence-corrected chi connectivity index (χ2v) is 3.52. The Morgan fingerprint density at radius 1 is 1.62 bits per heavy atom. The van der Waals surface area contributed by atoms with Crippen LogP contribution >= 0.6 is 0 Å². The van der Waals surface area contributed by atoms with Crippen molar-refractivity contribution in [3.8, 4) is 0 Å². The molecule has 0 aromatic carbocycles. The first kappa shape index (κ1) is 12.5. The molecule has 1 heterocycles. The topological polar surface area (TPSA) is 86.5 Å². The van der Waals surface area contributed by atoms with Crippen LogP contribution in [-0.4, -0.2) is 47.0 Å². The summed E-state index contributed by atoms with van der Waals surface area (Å²) in [7, 11) is 3.53. The SMILES string of the molecule is CNc1cc(C(=O)NC[C@H](O)CO)n(C)c1. The van der Waals surface area contributed by atoms with Crippen molar-refractivity contribution < 1.29 is 15.0 Å². The summed E-state index contributed by atoms with van der Waals surface area (Å²) in [4.78, 5) is 11.7. The maximum Gasteiger partial charge on any atom is 0.268 e. The Kier molecular flexibility index (Phi) is 4.33. The molecule has 0 aliphatic heterocycles. The van der Waals surface area contributed by atoms with Crippen molar-refractivity contribution in [3.63, 3.8) is 0 Å². The molecule has 6 nitrogen and oxygen atoms in total. The number of carbonyl (C=O) groups excluding carboxylic acids is 1. The van der Waals surface area contributed by atoms with Gasteiger partial charge in [-0.2, -0.15) is 0 Å². The summed E-state index contributed by atoms with van der Waals surface area (Å²) in [6.45, 7) is -0.329. The molecule has 0 unspecified atom stereocenters. The summed E-state index contributed by atoms with van der Waals surface area (Å²) < 4.78 is 1.69. The van der Waals surface area contributed by atoms with Crippen LogP contribution in [-0.2, 0) is 7.05 Å². The number of rotatable bonds is 5. The van der Waals surface area contributed by atoms with E-state index in [0.717, 1.165) is 5.69 Å². The fourth-order valence-corrected chi connectivity index (χ4v) is 1.29. The third-order valence-electron chi connectivity index (χ3n) is 2.24. The molecule has 0 aliphatic carbocycles. The van der Waals surface area contributed by atoms with E-state index < -0.39 is 6.10 Å². The summed E-state index contributed by atoms with van der Waals surface area (Å²) in [6.07, 6.45) is 0.866. The molecule has 0 bridgehead atoms. The lowest BCUT2D eigenvalue weighted by Gasteiger charge is -2.09. The van der Waals surface area contributed by atoms with Gasteiger partial charge in [-0.15, -0.1) is 0 Å². The molecule has 1 rings (SSSR count). The minimum Gasteiger partial charge on any atom is -0.394 e. The number of hydrogen-bond donors (Lipinski definition) is 4. The highest BCUT2D eigenvalue weighted by molar-refractivity contribution is 5.93. The molecule has 0 aliphatic rings. The largest absolute Gasteiger partial charge is 0.394 e. The van der Waals surface area contributed by atoms with Crippen molar-refractivity contribution in [1.29, 1.82) is 0 Å². The van der Waals surface area contributed by atoms with E-state index in [1.54, 1.807) is 30.9 Å². The Morgan fingerprint density at radius 3 is 2.81 bits per heavy atom. The number of nitrogens with zero attached hydrogens (tertiary/aromatic N) is 1. The molecule has 1 amide bonds. The van der Waals surface area contributed by atoms with Gasteiger partial charge in [0.1, 0.15) is 5.69 Å². The number of aliphatic hydroxyl groups excluding tert-OH is 2. The highest BCUT2D eigenvalue weighted by atomic mass is 16.3. The van der Waals surface area contributed by atoms with Gasteiger partial charge in [0.05, 0.1) is 18.4 Å². The molecular weight excluding hydrogens is 210 g/mol. The third-order valence-corrected chi connectivity index (χ3v) is 2.24. The van der Waals surface area contributed by atoms with Crippen molar-refractivity contribution >= 4 is 11.6 Å². The van der Waals surface area contributed by atoms with E-state index in [9.17, 15) is 4.79 Å². The van der Waals surface area contributed by atoms with E-state index >= 15 is 0 Å². The van der Waals surface area contributed by atoms with Crippen molar-refractivity contribution in [3.05, 3.63) is 18.0 Å². The molecule has 0 saturated heterocycles. The lowest BCUT2D eigenvalue weighted by Crippen LogP contribution is -2.34. The zero-order valence-corrected chi connectivity index (χ0v) is 9.40. The maximum atomic E-state index is 11.7. The van der Waals surface area contributed by atoms with E-state index in [2.05, 4.69) is 10.6 Å². The number of aryl methyl sites for hydroxylation is 1. The fourth-order valence-electron chi connectivity index (χ4n) is 1.29. The van der Waals surface area contributed by atoms with Gasteiger partial charge in [0.25, 0.3) is 5.91 Å². The number of aliphatic hydroxyl groups is 2. The second-order valence-electron chi connectivity index (χ2n) is 3.52. The van der Waals surface area contributed by atoms with Crippen LogP contribution in [0.4, 0.5) is 5.69 Å². The number of anilines is 1. The average Bonchev–Trinajstić information content (AvgIpc) is 2.67. The van der Waals surface area contributed by atoms with Gasteiger partial charge >= 0.3 is 0 Å². The molecule has 0 radical (unpaired) electrons. The van der Waals surface area contributed by atoms with Crippen molar-refractivity contribution in [1.82, 2.24) is 9.88 Å². The maximum absolute atomic E-state index is 11.7. The third kappa shape index (κ3) is 2.98. The molecule has 0 spiro atoms. The van der Waals surface area contributed by atoms with E-state index in [1.165, 1.54) is 0 Å². The van der Waals surface area contributed by atoms with Gasteiger partial charge in [0.15, 0.2) is 0 Å². The number of carbonyl (C=O) groups is 1. The van der Waals surface area contributed by atoms with Crippen LogP contribution in [0.2, 0.25) is 0 Å². The first-order chi connectivity index (χ1) is 7.58. The summed E-state index contributed by atoms with van der Waals surface area (Å²) in [5.41, 5.74) is 1.34. The second kappa shape index (κ2) is 5.53. The molecule has 1 aromatic heterocycles. The summed E-state index contributed by atoms with van der Waals surface area (Å²) >= 11 is 0. The molecule has 90 valence electrons. The lowest BCUT2D eigenvalue weighted by atomic mass is 10.3. The quantitative estimate of drug-likeness (QED) is 0.528. The Morgan fingerprint density at radius 2 is 2.31 bits per heavy atom. The van der Waals surface area contributed by atoms with E-state index in [-0.39, 0.29) is 19.1 Å². The Balaban J connectivity index is 2.62. The van der Waals surface area contributed by atoms with Gasteiger partial charge in [-0.3, -0.25) is 4.79 Å². The first-order valence-electron chi connectivity index (χ1n) is 4.99. The minimum absolute atomic E-state index is 0.0371. The molecule has 0 saturated carbocycles. The normalized spacial score (nSPS) is 12.2. The van der Waals surface area contributed by atoms with E-state index in [1.807, 2.05) is 0 Å². The minimum atomic E-state index is -0.923. The zero-order valence-electron chi connectivity index (χ0n) is 9.40. The summed E-state index contributed by atoms with van der Waals surface area (Å²) in [5.74, 6) is -0.281. The molecular formula is C10H17N3O3. The van der Waals surface area contributed by atoms with Crippen LogP contribution < -0.4 is 10.6 Å². The molecule has 1 atom stereocenters. The molecule has 6 heteroatoms. The number of hydrogen-bond acceptors (Lipinski definition) is 4. The van der Waals surface area contributed by atoms with Gasteiger partial charge < -0.3 is 25.4 Å². The number of nitrogens with one attached hydrogen (secondary N) is 2. The molecule has 4 N–H and O–H groups in total. The van der Waals surface area contributed by atoms with Crippen LogP contribution in [0.15, 0.2) is 12.3 Å². The van der Waals surface area contributed by atoms with Crippen LogP contribution in [0.1, 0.15) is 10.5 Å². The first-order valence-corrected chi connectivity index (χ1v) is 4.99. The highest BCUT2D eigenvalue weighted by Crippen LogP contribution is 2.11. The van der Waals surface area contributed by atoms with Crippen molar-refractivity contribution in [2.75, 3.05) is 25.5 Å². The summed E-state index contributed by atoms with van der Waals surface area (Å²) in [6, 6.07) is 1.71. The molecule has 0 fully saturated rings. The Hall–Kier alpha value is -1.53. The van der Waals surface area contributed by atoms with Crippen LogP contribution in [0, 0.1) is 0 Å². The van der Waals surface area contributed by atoms with E-state index in [4.69, 9.17) is 10.2 Å². The average molecular weight is 227 g/mol. The smallest absolute Gasteiger partial charge is 0.268 e. The predicted molar refractivity (Wildman–Crippen MR) is 60.4 cm³/mol. The van der Waals surface area contributed by atoms with Gasteiger partial charge in [-0.05, 0) is 6.07 Å². The monoisotopic (exact) mass is 227 g/mol. The summed E-state index contributed by atoms with van der Waals surface area (Å²) in [5, 5.41) is 23.1. The van der Waals surface area contributed by atoms with Crippen molar-refractivity contribution in [2.45, 2.75) is 6.10 Å². The van der Waals surface area contributed by atoms with Gasteiger partial charge in [-0.25, -0.2) is 0 Å². The van der Waals surface area contributed by atoms with Gasteiger partial charge in [0.2, 0.25) is 0 Å². The Labute approximate surface area is 93.9 Å². The van der Waals surface area contributed by atoms with Crippen LogP contribution in [0.3, 0.4) is 0 Å². The lowest BCUT2D eigenvalue weighted by molar-refractivity contribution is 0.0797. The number of aromatic nitrogens is 1. The van der Waals surface area contributed by atoms with Crippen LogP contribution in [0.5, 0.6) is 0 Å². The van der Waals surface area contributed by atoms with Gasteiger partial charge in [-0.1, -0.05) is 0 Å². The zero-order chi connectivity index (χ0) is 12.1. The Bertz CT molecular complexity index is 362. The van der Waals surface area contributed by atoms with Gasteiger partial charge in [0, 0.05) is 26.8 Å². The molecule has 1 aromatic rings. The molecule has 16 heavy (non-hydrogen) atoms. The number of amides is 1. The van der Waals surface area contributed by atoms with Crippen LogP contribution in [0.25, 0.3) is 0 Å². The highest BCUT2D eigenvalue weighted by Gasteiger charge is 2.12. The fraction of sp³-hybridized carbons (Fsp3) is 0.500. The standard InChI is InChI=1S/C10H17N3O3/c1-11-7-3-9(13(2)5-7)10(16)12-4-8(15)6-14/h3,5,8,11,14-15H,4,6H2,1-2H3,(H,12,16)/t8-/m0/s1.